The van der Waals surface area contributed by atoms with Gasteiger partial charge < -0.3 is 23.8 Å². The molecule has 0 rings (SSSR count). The fraction of sp³-hybridized carbons (Fsp3) is 0.897. The molecule has 0 bridgehead atoms. The van der Waals surface area contributed by atoms with Crippen molar-refractivity contribution in [3.8, 4) is 0 Å². The summed E-state index contributed by atoms with van der Waals surface area (Å²) in [6.45, 7) is 20.5. The third kappa shape index (κ3) is 78.6. The Hall–Kier alpha value is -3.45. The predicted molar refractivity (Wildman–Crippen MR) is 342 cm³/mol. The molecule has 0 aliphatic rings. The highest BCUT2D eigenvalue weighted by atomic mass is 19.4. The molecular formula is C68H129F9NO10. The zero-order chi connectivity index (χ0) is 68.8. The van der Waals surface area contributed by atoms with Crippen LogP contribution >= 0.6 is 0 Å². The van der Waals surface area contributed by atoms with Gasteiger partial charge in [0.2, 0.25) is 0 Å². The van der Waals surface area contributed by atoms with Crippen molar-refractivity contribution in [3.05, 3.63) is 29.2 Å². The van der Waals surface area contributed by atoms with Crippen molar-refractivity contribution in [1.82, 2.24) is 0 Å². The van der Waals surface area contributed by atoms with Crippen LogP contribution in [0.3, 0.4) is 0 Å². The van der Waals surface area contributed by atoms with Gasteiger partial charge in [-0.1, -0.05) is 260 Å². The first kappa shape index (κ1) is 98.1. The van der Waals surface area contributed by atoms with E-state index in [0.29, 0.717) is 30.3 Å². The van der Waals surface area contributed by atoms with Crippen molar-refractivity contribution in [3.63, 3.8) is 0 Å². The van der Waals surface area contributed by atoms with E-state index in [9.17, 15) is 58.7 Å². The Morgan fingerprint density at radius 1 is 0.420 bits per heavy atom. The Bertz CT molecular complexity index is 1500. The van der Waals surface area contributed by atoms with Gasteiger partial charge in [0.15, 0.2) is 0 Å². The highest BCUT2D eigenvalue weighted by Crippen LogP contribution is 2.54. The van der Waals surface area contributed by atoms with E-state index < -0.39 is 29.2 Å². The van der Waals surface area contributed by atoms with Gasteiger partial charge in [-0.25, -0.2) is 4.39 Å². The van der Waals surface area contributed by atoms with Gasteiger partial charge in [0.25, 0.3) is 5.09 Å². The summed E-state index contributed by atoms with van der Waals surface area (Å²) >= 11 is 0. The SMILES string of the molecule is CCCCCC(=O)CCCCC.CCCCCCCC/C=C/CCCCCCCC(=O)OC.CCCCCCCCCC(C)=O.CCCCCCCCCCCCCCCC(=O)OC.COC(F)(F)C(F)(C(F)(F)F)C(F)(F)F.CO[N+](=O)[O-].[CH2]C(C)C. The average Bonchev–Trinajstić information content (AvgIpc) is 0.795. The van der Waals surface area contributed by atoms with Crippen molar-refractivity contribution in [2.24, 2.45) is 5.92 Å². The number of carbonyl (C=O) groups is 4. The Balaban J connectivity index is -0.000000182. The topological polar surface area (TPSA) is 148 Å². The third-order valence-corrected chi connectivity index (χ3v) is 13.4. The maximum Gasteiger partial charge on any atom is 0.440 e. The lowest BCUT2D eigenvalue weighted by atomic mass is 10.0. The number of esters is 2. The number of nitrogens with zero attached hydrogens (tertiary/aromatic N) is 1. The molecule has 0 N–H and O–H groups in total. The number of hydrogen-bond acceptors (Lipinski definition) is 10. The summed E-state index contributed by atoms with van der Waals surface area (Å²) in [6.07, 6.45) is 38.7. The lowest BCUT2D eigenvalue weighted by Crippen LogP contribution is -2.65. The number of halogens is 9. The molecule has 0 fully saturated rings. The van der Waals surface area contributed by atoms with Crippen molar-refractivity contribution in [1.29, 1.82) is 0 Å². The number of carbonyl (C=O) groups excluding carboxylic acids is 4. The minimum Gasteiger partial charge on any atom is -0.469 e. The largest absolute Gasteiger partial charge is 0.469 e. The van der Waals surface area contributed by atoms with E-state index >= 15 is 0 Å². The number of methoxy groups -OCH3 is 3. The number of allylic oxidation sites excluding steroid dienone is 2. The Morgan fingerprint density at radius 2 is 0.636 bits per heavy atom. The molecule has 0 aromatic heterocycles. The molecule has 0 atom stereocenters. The van der Waals surface area contributed by atoms with Crippen molar-refractivity contribution < 1.29 is 82.8 Å². The van der Waals surface area contributed by atoms with Gasteiger partial charge in [-0.05, 0) is 70.6 Å². The quantitative estimate of drug-likeness (QED) is 0.0144. The Morgan fingerprint density at radius 3 is 0.841 bits per heavy atom. The first-order chi connectivity index (χ1) is 41.5. The van der Waals surface area contributed by atoms with Gasteiger partial charge in [0, 0.05) is 39.2 Å². The molecule has 1 radical (unpaired) electrons. The van der Waals surface area contributed by atoms with Crippen LogP contribution in [0, 0.1) is 23.0 Å². The van der Waals surface area contributed by atoms with E-state index in [1.807, 2.05) is 0 Å². The maximum absolute atomic E-state index is 12.5. The molecule has 20 heteroatoms. The molecule has 0 saturated carbocycles. The summed E-state index contributed by atoms with van der Waals surface area (Å²) in [4.78, 5) is 56.0. The Kier molecular flexibility index (Phi) is 81.0. The zero-order valence-electron chi connectivity index (χ0n) is 57.5. The minimum atomic E-state index is -6.84. The minimum absolute atomic E-state index is 0.0666. The van der Waals surface area contributed by atoms with Gasteiger partial charge in [0.1, 0.15) is 11.6 Å². The van der Waals surface area contributed by atoms with E-state index in [-0.39, 0.29) is 19.0 Å². The second-order valence-corrected chi connectivity index (χ2v) is 22.7. The molecule has 0 spiro atoms. The second-order valence-electron chi connectivity index (χ2n) is 22.7. The van der Waals surface area contributed by atoms with E-state index in [1.165, 1.54) is 226 Å². The van der Waals surface area contributed by atoms with Crippen LogP contribution in [0.2, 0.25) is 0 Å². The number of ketones is 2. The Labute approximate surface area is 530 Å². The van der Waals surface area contributed by atoms with Crippen LogP contribution in [0.15, 0.2) is 12.2 Å². The molecule has 11 nitrogen and oxygen atoms in total. The molecule has 529 valence electrons. The highest BCUT2D eigenvalue weighted by Gasteiger charge is 2.85. The van der Waals surface area contributed by atoms with Crippen LogP contribution in [-0.2, 0) is 38.2 Å². The number of Topliss-reactive ketones (excluding diaryl/α,β-unsaturated/α-hetero) is 2. The molecule has 0 unspecified atom stereocenters. The molecular weight excluding hydrogens is 1160 g/mol. The first-order valence-electron chi connectivity index (χ1n) is 33.6. The molecule has 0 amide bonds. The van der Waals surface area contributed by atoms with E-state index in [2.05, 4.69) is 86.6 Å². The van der Waals surface area contributed by atoms with E-state index in [4.69, 9.17) is 10.1 Å². The lowest BCUT2D eigenvalue weighted by molar-refractivity contribution is -0.749. The summed E-state index contributed by atoms with van der Waals surface area (Å²) in [6, 6.07) is 0. The second kappa shape index (κ2) is 72.6. The standard InChI is InChI=1S/C19H36O2.C17H34O2.2C11H22O.C5H3F9O.C4H9.CH3NO3/c1-3-4-5-6-7-8-9-10-11-12-13-14-15-16-17-18-19(20)21-2;1-3-4-5-6-7-8-9-10-11-12-13-14-15-16-17(18)19-2;1-3-4-5-6-7-8-9-10-11(2)12;1-3-5-7-9-11(12)10-8-6-4-2;1-15-5(13,14)2(6,3(7,8)9)4(10,11)12;1-4(2)3;1-5-2(3)4/h10-11H,3-9,12-18H2,1-2H3;3-16H2,1-2H3;2*3-10H2,1-2H3;1H3;4H,1H2,2-3H3;1H3/b11-10+;;;;;;. The number of alkyl halides is 9. The molecule has 0 aliphatic carbocycles. The van der Waals surface area contributed by atoms with Gasteiger partial charge >= 0.3 is 36.1 Å². The summed E-state index contributed by atoms with van der Waals surface area (Å²) in [5.74, 6) is 1.25. The summed E-state index contributed by atoms with van der Waals surface area (Å²) in [5.41, 5.74) is -6.73. The van der Waals surface area contributed by atoms with Crippen LogP contribution in [0.1, 0.15) is 338 Å². The molecule has 0 aliphatic heterocycles. The molecule has 0 aromatic carbocycles. The van der Waals surface area contributed by atoms with Gasteiger partial charge in [-0.2, -0.15) is 35.1 Å². The van der Waals surface area contributed by atoms with E-state index in [0.717, 1.165) is 64.9 Å². The van der Waals surface area contributed by atoms with Crippen molar-refractivity contribution >= 4 is 23.5 Å². The smallest absolute Gasteiger partial charge is 0.440 e. The summed E-state index contributed by atoms with van der Waals surface area (Å²) < 4.78 is 118. The number of unbranched alkanes of at least 4 members (excludes halogenated alkanes) is 33. The summed E-state index contributed by atoms with van der Waals surface area (Å²) in [7, 11) is 3.75. The number of hydrogen-bond donors (Lipinski definition) is 0. The van der Waals surface area contributed by atoms with Gasteiger partial charge in [-0.15, -0.1) is 10.1 Å². The van der Waals surface area contributed by atoms with Crippen LogP contribution < -0.4 is 0 Å². The predicted octanol–water partition coefficient (Wildman–Crippen LogP) is 23.6. The van der Waals surface area contributed by atoms with Gasteiger partial charge in [0.05, 0.1) is 21.3 Å². The van der Waals surface area contributed by atoms with Crippen LogP contribution in [0.4, 0.5) is 39.5 Å². The molecule has 0 aromatic rings. The lowest BCUT2D eigenvalue weighted by Gasteiger charge is -2.34. The van der Waals surface area contributed by atoms with Crippen LogP contribution in [0.25, 0.3) is 0 Å². The molecule has 0 saturated heterocycles. The van der Waals surface area contributed by atoms with E-state index in [1.54, 1.807) is 6.92 Å². The van der Waals surface area contributed by atoms with Gasteiger partial charge in [-0.3, -0.25) is 14.4 Å². The average molecular weight is 1290 g/mol. The maximum atomic E-state index is 12.5. The fourth-order valence-corrected chi connectivity index (χ4v) is 8.06. The van der Waals surface area contributed by atoms with Crippen LogP contribution in [0.5, 0.6) is 0 Å². The van der Waals surface area contributed by atoms with Crippen molar-refractivity contribution in [2.45, 2.75) is 362 Å². The normalized spacial score (nSPS) is 11.2. The van der Waals surface area contributed by atoms with Crippen LogP contribution in [-0.4, -0.2) is 81.2 Å². The first-order valence-corrected chi connectivity index (χ1v) is 33.6. The molecule has 0 heterocycles. The molecule has 88 heavy (non-hydrogen) atoms. The third-order valence-electron chi connectivity index (χ3n) is 13.4. The fourth-order valence-electron chi connectivity index (χ4n) is 8.06. The monoisotopic (exact) mass is 1290 g/mol. The highest BCUT2D eigenvalue weighted by molar-refractivity contribution is 5.78. The number of ether oxygens (including phenoxy) is 3. The van der Waals surface area contributed by atoms with Crippen molar-refractivity contribution in [2.75, 3.05) is 28.4 Å². The zero-order valence-corrected chi connectivity index (χ0v) is 57.5. The summed E-state index contributed by atoms with van der Waals surface area (Å²) in [5, 5.41) is 8.08. The number of rotatable bonds is 48.